The molecule has 16 heavy (non-hydrogen) atoms. The van der Waals surface area contributed by atoms with Crippen LogP contribution in [0.2, 0.25) is 5.02 Å². The second-order valence-corrected chi connectivity index (χ2v) is 4.68. The molecular weight excluding hydrogens is 222 g/mol. The molecule has 1 N–H and O–H groups in total. The smallest absolute Gasteiger partial charge is 0.0620 e. The van der Waals surface area contributed by atoms with Crippen molar-refractivity contribution in [1.82, 2.24) is 5.32 Å². The van der Waals surface area contributed by atoms with E-state index in [-0.39, 0.29) is 0 Å². The Balaban J connectivity index is 2.03. The lowest BCUT2D eigenvalue weighted by molar-refractivity contribution is 0.187. The number of halogens is 1. The number of benzene rings is 1. The molecule has 88 valence electrons. The summed E-state index contributed by atoms with van der Waals surface area (Å²) in [6.45, 7) is 3.90. The maximum atomic E-state index is 6.01. The van der Waals surface area contributed by atoms with Crippen LogP contribution in [-0.2, 0) is 4.74 Å². The number of ether oxygens (including phenoxy) is 1. The van der Waals surface area contributed by atoms with Gasteiger partial charge in [-0.1, -0.05) is 30.7 Å². The van der Waals surface area contributed by atoms with Gasteiger partial charge in [-0.25, -0.2) is 0 Å². The maximum absolute atomic E-state index is 6.01. The Morgan fingerprint density at radius 1 is 1.56 bits per heavy atom. The predicted octanol–water partition coefficient (Wildman–Crippen LogP) is 3.17. The Labute approximate surface area is 102 Å². The molecule has 1 saturated heterocycles. The van der Waals surface area contributed by atoms with Gasteiger partial charge in [0.2, 0.25) is 0 Å². The Kier molecular flexibility index (Phi) is 4.22. The van der Waals surface area contributed by atoms with Crippen molar-refractivity contribution in [2.24, 2.45) is 0 Å². The molecule has 0 aliphatic carbocycles. The van der Waals surface area contributed by atoms with Crippen LogP contribution in [0.15, 0.2) is 24.3 Å². The van der Waals surface area contributed by atoms with E-state index in [1.54, 1.807) is 0 Å². The van der Waals surface area contributed by atoms with Crippen molar-refractivity contribution >= 4 is 11.6 Å². The van der Waals surface area contributed by atoms with Crippen LogP contribution in [-0.4, -0.2) is 19.3 Å². The average Bonchev–Trinajstić information content (AvgIpc) is 2.78. The number of nitrogens with one attached hydrogen (secondary N) is 1. The molecule has 1 aliphatic rings. The summed E-state index contributed by atoms with van der Waals surface area (Å²) < 4.78 is 5.37. The molecule has 0 spiro atoms. The fourth-order valence-electron chi connectivity index (χ4n) is 2.12. The van der Waals surface area contributed by atoms with E-state index < -0.39 is 0 Å². The summed E-state index contributed by atoms with van der Waals surface area (Å²) in [5, 5.41) is 4.43. The molecule has 1 aromatic carbocycles. The zero-order valence-corrected chi connectivity index (χ0v) is 10.3. The largest absolute Gasteiger partial charge is 0.380 e. The van der Waals surface area contributed by atoms with Crippen LogP contribution in [0, 0.1) is 0 Å². The normalized spacial score (nSPS) is 22.2. The van der Waals surface area contributed by atoms with E-state index in [1.165, 1.54) is 5.56 Å². The third-order valence-corrected chi connectivity index (χ3v) is 3.26. The first-order valence-electron chi connectivity index (χ1n) is 5.89. The van der Waals surface area contributed by atoms with Gasteiger partial charge in [-0.05, 0) is 30.5 Å². The summed E-state index contributed by atoms with van der Waals surface area (Å²) in [4.78, 5) is 0. The highest BCUT2D eigenvalue weighted by atomic mass is 35.5. The van der Waals surface area contributed by atoms with Gasteiger partial charge in [-0.15, -0.1) is 0 Å². The number of hydrogen-bond acceptors (Lipinski definition) is 2. The third kappa shape index (κ3) is 2.97. The van der Waals surface area contributed by atoms with E-state index in [0.29, 0.717) is 12.1 Å². The van der Waals surface area contributed by atoms with Gasteiger partial charge < -0.3 is 10.1 Å². The molecule has 2 nitrogen and oxygen atoms in total. The van der Waals surface area contributed by atoms with E-state index in [0.717, 1.165) is 31.1 Å². The molecule has 0 radical (unpaired) electrons. The molecular formula is C13H18ClNO. The van der Waals surface area contributed by atoms with E-state index in [9.17, 15) is 0 Å². The standard InChI is InChI=1S/C13H18ClNO/c1-2-13(15-12-6-7-16-9-12)10-4-3-5-11(14)8-10/h3-5,8,12-13,15H,2,6-7,9H2,1H3. The molecule has 0 amide bonds. The molecule has 3 heteroatoms. The Morgan fingerprint density at radius 3 is 3.06 bits per heavy atom. The summed E-state index contributed by atoms with van der Waals surface area (Å²) in [7, 11) is 0. The first-order valence-corrected chi connectivity index (χ1v) is 6.26. The lowest BCUT2D eigenvalue weighted by atomic mass is 10.0. The summed E-state index contributed by atoms with van der Waals surface area (Å²) in [6.07, 6.45) is 2.17. The highest BCUT2D eigenvalue weighted by Crippen LogP contribution is 2.22. The van der Waals surface area contributed by atoms with Crippen molar-refractivity contribution in [1.29, 1.82) is 0 Å². The minimum absolute atomic E-state index is 0.380. The van der Waals surface area contributed by atoms with Gasteiger partial charge in [0, 0.05) is 23.7 Å². The van der Waals surface area contributed by atoms with Crippen LogP contribution < -0.4 is 5.32 Å². The van der Waals surface area contributed by atoms with Gasteiger partial charge >= 0.3 is 0 Å². The molecule has 1 heterocycles. The fourth-order valence-corrected chi connectivity index (χ4v) is 2.32. The van der Waals surface area contributed by atoms with Crippen LogP contribution in [0.5, 0.6) is 0 Å². The molecule has 0 aromatic heterocycles. The van der Waals surface area contributed by atoms with E-state index in [4.69, 9.17) is 16.3 Å². The SMILES string of the molecule is CCC(NC1CCOC1)c1cccc(Cl)c1. The van der Waals surface area contributed by atoms with Crippen molar-refractivity contribution in [2.75, 3.05) is 13.2 Å². The highest BCUT2D eigenvalue weighted by molar-refractivity contribution is 6.30. The second kappa shape index (κ2) is 5.67. The molecule has 1 aromatic rings. The molecule has 2 rings (SSSR count). The van der Waals surface area contributed by atoms with Crippen LogP contribution >= 0.6 is 11.6 Å². The zero-order chi connectivity index (χ0) is 11.4. The lowest BCUT2D eigenvalue weighted by Crippen LogP contribution is -2.32. The van der Waals surface area contributed by atoms with Gasteiger partial charge in [0.1, 0.15) is 0 Å². The Bertz CT molecular complexity index is 336. The topological polar surface area (TPSA) is 21.3 Å². The number of hydrogen-bond donors (Lipinski definition) is 1. The van der Waals surface area contributed by atoms with Crippen LogP contribution in [0.4, 0.5) is 0 Å². The van der Waals surface area contributed by atoms with Gasteiger partial charge in [-0.3, -0.25) is 0 Å². The highest BCUT2D eigenvalue weighted by Gasteiger charge is 2.19. The Morgan fingerprint density at radius 2 is 2.44 bits per heavy atom. The van der Waals surface area contributed by atoms with Crippen molar-refractivity contribution in [3.05, 3.63) is 34.9 Å². The molecule has 2 unspecified atom stereocenters. The predicted molar refractivity (Wildman–Crippen MR) is 66.8 cm³/mol. The lowest BCUT2D eigenvalue weighted by Gasteiger charge is -2.21. The van der Waals surface area contributed by atoms with Crippen LogP contribution in [0.1, 0.15) is 31.4 Å². The van der Waals surface area contributed by atoms with E-state index in [2.05, 4.69) is 18.3 Å². The van der Waals surface area contributed by atoms with Gasteiger partial charge in [-0.2, -0.15) is 0 Å². The summed E-state index contributed by atoms with van der Waals surface area (Å²) >= 11 is 6.01. The molecule has 1 aliphatic heterocycles. The summed E-state index contributed by atoms with van der Waals surface area (Å²) in [5.41, 5.74) is 1.27. The minimum atomic E-state index is 0.380. The monoisotopic (exact) mass is 239 g/mol. The maximum Gasteiger partial charge on any atom is 0.0620 e. The van der Waals surface area contributed by atoms with E-state index in [1.807, 2.05) is 18.2 Å². The van der Waals surface area contributed by atoms with Crippen LogP contribution in [0.3, 0.4) is 0 Å². The van der Waals surface area contributed by atoms with Crippen LogP contribution in [0.25, 0.3) is 0 Å². The first-order chi connectivity index (χ1) is 7.79. The van der Waals surface area contributed by atoms with Crippen molar-refractivity contribution in [3.63, 3.8) is 0 Å². The van der Waals surface area contributed by atoms with E-state index >= 15 is 0 Å². The van der Waals surface area contributed by atoms with Crippen molar-refractivity contribution in [2.45, 2.75) is 31.8 Å². The van der Waals surface area contributed by atoms with Gasteiger partial charge in [0.05, 0.1) is 6.61 Å². The third-order valence-electron chi connectivity index (χ3n) is 3.03. The summed E-state index contributed by atoms with van der Waals surface area (Å²) in [6, 6.07) is 8.96. The first kappa shape index (κ1) is 11.9. The number of rotatable bonds is 4. The molecule has 0 bridgehead atoms. The van der Waals surface area contributed by atoms with Crippen molar-refractivity contribution in [3.8, 4) is 0 Å². The summed E-state index contributed by atoms with van der Waals surface area (Å²) in [5.74, 6) is 0. The van der Waals surface area contributed by atoms with Gasteiger partial charge in [0.25, 0.3) is 0 Å². The fraction of sp³-hybridized carbons (Fsp3) is 0.538. The molecule has 1 fully saturated rings. The second-order valence-electron chi connectivity index (χ2n) is 4.24. The quantitative estimate of drug-likeness (QED) is 0.872. The zero-order valence-electron chi connectivity index (χ0n) is 9.58. The molecule has 0 saturated carbocycles. The van der Waals surface area contributed by atoms with Crippen molar-refractivity contribution < 1.29 is 4.74 Å². The Hall–Kier alpha value is -0.570. The minimum Gasteiger partial charge on any atom is -0.380 e. The average molecular weight is 240 g/mol. The molecule has 2 atom stereocenters. The van der Waals surface area contributed by atoms with Gasteiger partial charge in [0.15, 0.2) is 0 Å².